The van der Waals surface area contributed by atoms with E-state index in [1.807, 2.05) is 12.1 Å². The highest BCUT2D eigenvalue weighted by Crippen LogP contribution is 2.34. The number of pyridine rings is 1. The van der Waals surface area contributed by atoms with E-state index in [1.54, 1.807) is 26.6 Å². The highest BCUT2D eigenvalue weighted by molar-refractivity contribution is 6.07. The van der Waals surface area contributed by atoms with Gasteiger partial charge in [-0.2, -0.15) is 0 Å². The lowest BCUT2D eigenvalue weighted by Crippen LogP contribution is -2.36. The highest BCUT2D eigenvalue weighted by atomic mass is 16.5. The van der Waals surface area contributed by atoms with Gasteiger partial charge in [-0.1, -0.05) is 12.1 Å². The highest BCUT2D eigenvalue weighted by Gasteiger charge is 2.22. The van der Waals surface area contributed by atoms with Crippen molar-refractivity contribution >= 4 is 31.1 Å². The van der Waals surface area contributed by atoms with Gasteiger partial charge < -0.3 is 25.3 Å². The molecule has 9 nitrogen and oxygen atoms in total. The van der Waals surface area contributed by atoms with E-state index in [4.69, 9.17) is 15.1 Å². The second-order valence-corrected chi connectivity index (χ2v) is 8.47. The summed E-state index contributed by atoms with van der Waals surface area (Å²) >= 11 is 0. The van der Waals surface area contributed by atoms with Crippen LogP contribution in [-0.4, -0.2) is 55.2 Å². The molecule has 1 amide bonds. The molecule has 34 heavy (non-hydrogen) atoms. The van der Waals surface area contributed by atoms with E-state index in [0.717, 1.165) is 43.6 Å². The van der Waals surface area contributed by atoms with Gasteiger partial charge in [0.1, 0.15) is 0 Å². The van der Waals surface area contributed by atoms with Gasteiger partial charge in [-0.25, -0.2) is 9.97 Å². The van der Waals surface area contributed by atoms with Crippen molar-refractivity contribution in [3.8, 4) is 11.3 Å². The molecule has 0 spiro atoms. The van der Waals surface area contributed by atoms with E-state index >= 15 is 0 Å². The first-order valence-corrected chi connectivity index (χ1v) is 11.5. The van der Waals surface area contributed by atoms with Crippen LogP contribution in [0.4, 0.5) is 17.2 Å². The fraction of sp³-hybridized carbons (Fsp3) is 0.333. The number of carbonyl (C=O) groups excluding carboxylic acids is 1. The molecule has 3 N–H and O–H groups in total. The zero-order chi connectivity index (χ0) is 23.5. The van der Waals surface area contributed by atoms with E-state index < -0.39 is 5.91 Å². The lowest BCUT2D eigenvalue weighted by atomic mass is 9.87. The number of rotatable bonds is 5. The third-order valence-electron chi connectivity index (χ3n) is 6.40. The fourth-order valence-corrected chi connectivity index (χ4v) is 4.61. The van der Waals surface area contributed by atoms with Crippen molar-refractivity contribution in [1.82, 2.24) is 15.0 Å². The zero-order valence-electron chi connectivity index (χ0n) is 19.2. The first-order chi connectivity index (χ1) is 16.6. The van der Waals surface area contributed by atoms with E-state index in [9.17, 15) is 4.79 Å². The molecule has 1 unspecified atom stereocenters. The molecule has 1 atom stereocenters. The predicted octanol–water partition coefficient (Wildman–Crippen LogP) is 2.15. The van der Waals surface area contributed by atoms with Crippen LogP contribution < -0.4 is 16.0 Å². The number of nitrogen functional groups attached to an aromatic ring is 1. The standard InChI is InChI=1S/C24H27BN6O3/c25-34-21-3-1-2-15-4-5-16(12-17(15)21)18-14-28-23(26)22(29-18)24(32)30-19-13-27-7-6-20(19)31-8-10-33-11-9-31/h4-7,12-14,21H,1-3,8-11,25H2,(H2,26,28)(H,30,32). The second-order valence-electron chi connectivity index (χ2n) is 8.47. The molecule has 1 aliphatic heterocycles. The van der Waals surface area contributed by atoms with Gasteiger partial charge in [-0.05, 0) is 42.5 Å². The van der Waals surface area contributed by atoms with Crippen molar-refractivity contribution < 1.29 is 14.2 Å². The minimum Gasteiger partial charge on any atom is -0.437 e. The van der Waals surface area contributed by atoms with Gasteiger partial charge in [0, 0.05) is 24.8 Å². The Labute approximate surface area is 199 Å². The average Bonchev–Trinajstić information content (AvgIpc) is 2.89. The molecule has 174 valence electrons. The molecule has 0 bridgehead atoms. The summed E-state index contributed by atoms with van der Waals surface area (Å²) in [6, 6.07) is 8.09. The molecular formula is C24H27BN6O3. The number of amides is 1. The van der Waals surface area contributed by atoms with Crippen LogP contribution >= 0.6 is 0 Å². The topological polar surface area (TPSA) is 115 Å². The van der Waals surface area contributed by atoms with Gasteiger partial charge in [-0.15, -0.1) is 0 Å². The van der Waals surface area contributed by atoms with E-state index in [1.165, 1.54) is 11.1 Å². The van der Waals surface area contributed by atoms with Crippen molar-refractivity contribution in [2.75, 3.05) is 42.3 Å². The number of nitrogens with zero attached hydrogens (tertiary/aromatic N) is 4. The summed E-state index contributed by atoms with van der Waals surface area (Å²) in [5.41, 5.74) is 11.5. The number of nitrogens with one attached hydrogen (secondary N) is 1. The molecule has 3 aromatic rings. The van der Waals surface area contributed by atoms with Crippen molar-refractivity contribution in [2.45, 2.75) is 25.4 Å². The van der Waals surface area contributed by atoms with Crippen molar-refractivity contribution in [2.24, 2.45) is 0 Å². The molecule has 1 saturated heterocycles. The molecule has 10 heteroatoms. The number of hydrogen-bond acceptors (Lipinski definition) is 8. The number of hydrogen-bond donors (Lipinski definition) is 2. The number of aryl methyl sites for hydroxylation is 1. The number of morpholine rings is 1. The summed E-state index contributed by atoms with van der Waals surface area (Å²) in [4.78, 5) is 28.4. The van der Waals surface area contributed by atoms with Crippen molar-refractivity contribution in [3.63, 3.8) is 0 Å². The Hall–Kier alpha value is -3.50. The zero-order valence-corrected chi connectivity index (χ0v) is 19.2. The number of ether oxygens (including phenoxy) is 1. The molecule has 1 aromatic carbocycles. The van der Waals surface area contributed by atoms with Gasteiger partial charge in [0.15, 0.2) is 11.5 Å². The minimum atomic E-state index is -0.429. The Balaban J connectivity index is 1.43. The van der Waals surface area contributed by atoms with Gasteiger partial charge in [0.25, 0.3) is 14.0 Å². The summed E-state index contributed by atoms with van der Waals surface area (Å²) in [7, 11) is 1.74. The molecule has 1 aliphatic carbocycles. The number of anilines is 3. The number of carbonyl (C=O) groups is 1. The van der Waals surface area contributed by atoms with Crippen LogP contribution in [0.25, 0.3) is 11.3 Å². The van der Waals surface area contributed by atoms with Crippen molar-refractivity contribution in [3.05, 3.63) is 59.7 Å². The Morgan fingerprint density at radius 3 is 2.91 bits per heavy atom. The maximum atomic E-state index is 13.2. The quantitative estimate of drug-likeness (QED) is 0.559. The SMILES string of the molecule is BOC1CCCc2ccc(-c3cnc(N)c(C(=O)Nc4cnccc4N4CCOCC4)n3)cc21. The first kappa shape index (κ1) is 22.3. The van der Waals surface area contributed by atoms with Gasteiger partial charge in [-0.3, -0.25) is 9.78 Å². The smallest absolute Gasteiger partial charge is 0.278 e. The second kappa shape index (κ2) is 9.78. The number of fused-ring (bicyclic) bond motifs is 1. The molecule has 0 radical (unpaired) electrons. The molecule has 3 heterocycles. The van der Waals surface area contributed by atoms with Crippen LogP contribution in [0.2, 0.25) is 0 Å². The summed E-state index contributed by atoms with van der Waals surface area (Å²) in [6.45, 7) is 2.76. The minimum absolute atomic E-state index is 0.0670. The largest absolute Gasteiger partial charge is 0.437 e. The third kappa shape index (κ3) is 4.46. The molecule has 5 rings (SSSR count). The Kier molecular flexibility index (Phi) is 6.42. The lowest BCUT2D eigenvalue weighted by Gasteiger charge is -2.30. The van der Waals surface area contributed by atoms with Gasteiger partial charge >= 0.3 is 0 Å². The maximum Gasteiger partial charge on any atom is 0.278 e. The van der Waals surface area contributed by atoms with Crippen LogP contribution in [0.1, 0.15) is 40.6 Å². The van der Waals surface area contributed by atoms with Gasteiger partial charge in [0.2, 0.25) is 0 Å². The monoisotopic (exact) mass is 458 g/mol. The summed E-state index contributed by atoms with van der Waals surface area (Å²) in [6.07, 6.45) is 8.14. The summed E-state index contributed by atoms with van der Waals surface area (Å²) in [5, 5.41) is 2.92. The Morgan fingerprint density at radius 1 is 1.24 bits per heavy atom. The normalized spacial score (nSPS) is 17.8. The Morgan fingerprint density at radius 2 is 2.09 bits per heavy atom. The lowest BCUT2D eigenvalue weighted by molar-refractivity contribution is 0.102. The molecule has 1 fully saturated rings. The molecular weight excluding hydrogens is 431 g/mol. The van der Waals surface area contributed by atoms with Crippen LogP contribution in [-0.2, 0) is 15.8 Å². The number of benzene rings is 1. The van der Waals surface area contributed by atoms with E-state index in [-0.39, 0.29) is 17.6 Å². The van der Waals surface area contributed by atoms with Crippen LogP contribution in [0.5, 0.6) is 0 Å². The van der Waals surface area contributed by atoms with E-state index in [0.29, 0.717) is 24.6 Å². The summed E-state index contributed by atoms with van der Waals surface area (Å²) in [5.74, 6) is -0.354. The average molecular weight is 458 g/mol. The summed E-state index contributed by atoms with van der Waals surface area (Å²) < 4.78 is 11.1. The molecule has 2 aliphatic rings. The first-order valence-electron chi connectivity index (χ1n) is 11.5. The third-order valence-corrected chi connectivity index (χ3v) is 6.40. The van der Waals surface area contributed by atoms with E-state index in [2.05, 4.69) is 37.3 Å². The predicted molar refractivity (Wildman–Crippen MR) is 132 cm³/mol. The number of nitrogens with two attached hydrogens (primary N) is 1. The maximum absolute atomic E-state index is 13.2. The Bertz CT molecular complexity index is 1200. The van der Waals surface area contributed by atoms with Crippen molar-refractivity contribution in [1.29, 1.82) is 0 Å². The fourth-order valence-electron chi connectivity index (χ4n) is 4.61. The van der Waals surface area contributed by atoms with Gasteiger partial charge in [0.05, 0.1) is 48.8 Å². The van der Waals surface area contributed by atoms with Crippen LogP contribution in [0.15, 0.2) is 42.9 Å². The van der Waals surface area contributed by atoms with Crippen LogP contribution in [0, 0.1) is 0 Å². The van der Waals surface area contributed by atoms with Crippen LogP contribution in [0.3, 0.4) is 0 Å². The molecule has 0 saturated carbocycles. The number of aromatic nitrogens is 3. The molecule has 2 aromatic heterocycles.